The predicted octanol–water partition coefficient (Wildman–Crippen LogP) is 2.64. The molecular formula is C16H13N3O2. The van der Waals surface area contributed by atoms with E-state index in [1.54, 1.807) is 24.5 Å². The highest BCUT2D eigenvalue weighted by molar-refractivity contribution is 6.03. The van der Waals surface area contributed by atoms with Gasteiger partial charge in [0.05, 0.1) is 11.8 Å². The van der Waals surface area contributed by atoms with Crippen LogP contribution in [0.25, 0.3) is 10.8 Å². The van der Waals surface area contributed by atoms with E-state index in [4.69, 9.17) is 0 Å². The Labute approximate surface area is 120 Å². The quantitative estimate of drug-likeness (QED) is 0.509. The molecule has 0 aliphatic carbocycles. The van der Waals surface area contributed by atoms with Crippen LogP contribution in [0, 0.1) is 0 Å². The van der Waals surface area contributed by atoms with E-state index >= 15 is 0 Å². The first-order valence-corrected chi connectivity index (χ1v) is 6.42. The van der Waals surface area contributed by atoms with Gasteiger partial charge in [0, 0.05) is 18.0 Å². The van der Waals surface area contributed by atoms with Crippen molar-refractivity contribution in [3.8, 4) is 5.75 Å². The summed E-state index contributed by atoms with van der Waals surface area (Å²) in [5.41, 5.74) is 3.49. The van der Waals surface area contributed by atoms with Crippen molar-refractivity contribution in [1.82, 2.24) is 10.4 Å². The molecular weight excluding hydrogens is 266 g/mol. The molecule has 0 aliphatic heterocycles. The minimum atomic E-state index is -0.313. The molecule has 3 N–H and O–H groups in total. The molecule has 0 saturated heterocycles. The molecule has 0 unspecified atom stereocenters. The highest BCUT2D eigenvalue weighted by Gasteiger charge is 2.06. The van der Waals surface area contributed by atoms with Crippen molar-refractivity contribution in [2.45, 2.75) is 0 Å². The number of nitrogens with one attached hydrogen (secondary N) is 2. The summed E-state index contributed by atoms with van der Waals surface area (Å²) in [5.74, 6) is -0.194. The molecule has 0 spiro atoms. The summed E-state index contributed by atoms with van der Waals surface area (Å²) in [5, 5.41) is 15.7. The Hall–Kier alpha value is -3.08. The van der Waals surface area contributed by atoms with E-state index in [9.17, 15) is 9.90 Å². The van der Waals surface area contributed by atoms with Gasteiger partial charge in [-0.1, -0.05) is 30.3 Å². The van der Waals surface area contributed by atoms with Crippen LogP contribution in [0.5, 0.6) is 5.75 Å². The number of fused-ring (bicyclic) bond motifs is 1. The predicted molar refractivity (Wildman–Crippen MR) is 81.5 cm³/mol. The second kappa shape index (κ2) is 5.50. The van der Waals surface area contributed by atoms with Crippen LogP contribution in [0.1, 0.15) is 15.9 Å². The van der Waals surface area contributed by atoms with Gasteiger partial charge in [0.25, 0.3) is 5.91 Å². The Morgan fingerprint density at radius 2 is 2.05 bits per heavy atom. The smallest absolute Gasteiger partial charge is 0.272 e. The fourth-order valence-electron chi connectivity index (χ4n) is 2.10. The van der Waals surface area contributed by atoms with Gasteiger partial charge in [-0.25, -0.2) is 5.43 Å². The molecule has 5 heteroatoms. The number of aromatic nitrogens is 1. The minimum Gasteiger partial charge on any atom is -0.507 e. The standard InChI is InChI=1S/C16H13N3O2/c20-15-6-5-11-3-1-2-4-13(11)14(15)10-18-19-16(21)12-7-8-17-9-12/h1-10,17,20H,(H,19,21)/b18-10+. The number of carbonyl (C=O) groups excluding carboxylic acids is 1. The van der Waals surface area contributed by atoms with Crippen LogP contribution < -0.4 is 5.43 Å². The van der Waals surface area contributed by atoms with Gasteiger partial charge in [-0.05, 0) is 22.9 Å². The summed E-state index contributed by atoms with van der Waals surface area (Å²) in [7, 11) is 0. The second-order valence-corrected chi connectivity index (χ2v) is 4.52. The van der Waals surface area contributed by atoms with Crippen LogP contribution in [0.2, 0.25) is 0 Å². The maximum atomic E-state index is 11.7. The molecule has 5 nitrogen and oxygen atoms in total. The van der Waals surface area contributed by atoms with E-state index in [2.05, 4.69) is 15.5 Å². The number of nitrogens with zero attached hydrogens (tertiary/aromatic N) is 1. The van der Waals surface area contributed by atoms with Crippen LogP contribution in [0.3, 0.4) is 0 Å². The number of rotatable bonds is 3. The number of H-pyrrole nitrogens is 1. The van der Waals surface area contributed by atoms with Crippen molar-refractivity contribution < 1.29 is 9.90 Å². The molecule has 3 aromatic rings. The van der Waals surface area contributed by atoms with Gasteiger partial charge < -0.3 is 10.1 Å². The summed E-state index contributed by atoms with van der Waals surface area (Å²) in [6.45, 7) is 0. The van der Waals surface area contributed by atoms with Gasteiger partial charge in [-0.2, -0.15) is 5.10 Å². The third-order valence-electron chi connectivity index (χ3n) is 3.17. The molecule has 0 radical (unpaired) electrons. The monoisotopic (exact) mass is 279 g/mol. The normalized spacial score (nSPS) is 11.0. The number of amides is 1. The number of hydrogen-bond acceptors (Lipinski definition) is 3. The fourth-order valence-corrected chi connectivity index (χ4v) is 2.10. The Bertz CT molecular complexity index is 808. The lowest BCUT2D eigenvalue weighted by atomic mass is 10.0. The highest BCUT2D eigenvalue weighted by atomic mass is 16.3. The molecule has 0 saturated carbocycles. The third kappa shape index (κ3) is 2.62. The number of aromatic hydroxyl groups is 1. The Kier molecular flexibility index (Phi) is 3.39. The average Bonchev–Trinajstić information content (AvgIpc) is 3.04. The van der Waals surface area contributed by atoms with Gasteiger partial charge >= 0.3 is 0 Å². The zero-order valence-electron chi connectivity index (χ0n) is 11.1. The molecule has 1 aromatic heterocycles. The topological polar surface area (TPSA) is 77.5 Å². The van der Waals surface area contributed by atoms with Crippen LogP contribution in [-0.2, 0) is 0 Å². The number of hydrogen-bond donors (Lipinski definition) is 3. The molecule has 1 amide bonds. The van der Waals surface area contributed by atoms with Gasteiger partial charge in [-0.3, -0.25) is 4.79 Å². The van der Waals surface area contributed by atoms with Crippen LogP contribution >= 0.6 is 0 Å². The summed E-state index contributed by atoms with van der Waals surface area (Å²) < 4.78 is 0. The Balaban J connectivity index is 1.86. The number of phenolic OH excluding ortho intramolecular Hbond substituents is 1. The maximum absolute atomic E-state index is 11.7. The second-order valence-electron chi connectivity index (χ2n) is 4.52. The van der Waals surface area contributed by atoms with Crippen LogP contribution in [0.4, 0.5) is 0 Å². The summed E-state index contributed by atoms with van der Waals surface area (Å²) in [6.07, 6.45) is 4.69. The van der Waals surface area contributed by atoms with Crippen molar-refractivity contribution in [2.75, 3.05) is 0 Å². The third-order valence-corrected chi connectivity index (χ3v) is 3.17. The first-order valence-electron chi connectivity index (χ1n) is 6.42. The number of phenols is 1. The van der Waals surface area contributed by atoms with Gasteiger partial charge in [-0.15, -0.1) is 0 Å². The van der Waals surface area contributed by atoms with Crippen molar-refractivity contribution in [3.05, 3.63) is 66.0 Å². The zero-order valence-corrected chi connectivity index (χ0v) is 11.1. The summed E-state index contributed by atoms with van der Waals surface area (Å²) in [6, 6.07) is 12.7. The lowest BCUT2D eigenvalue weighted by Gasteiger charge is -2.04. The fraction of sp³-hybridized carbons (Fsp3) is 0. The van der Waals surface area contributed by atoms with Crippen molar-refractivity contribution >= 4 is 22.9 Å². The van der Waals surface area contributed by atoms with E-state index < -0.39 is 0 Å². The number of hydrazone groups is 1. The van der Waals surface area contributed by atoms with Crippen LogP contribution in [-0.4, -0.2) is 22.2 Å². The van der Waals surface area contributed by atoms with Gasteiger partial charge in [0.15, 0.2) is 0 Å². The molecule has 3 rings (SSSR count). The number of benzene rings is 2. The summed E-state index contributed by atoms with van der Waals surface area (Å²) in [4.78, 5) is 14.5. The van der Waals surface area contributed by atoms with Crippen molar-refractivity contribution in [2.24, 2.45) is 5.10 Å². The lowest BCUT2D eigenvalue weighted by molar-refractivity contribution is 0.0955. The SMILES string of the molecule is O=C(N/N=C/c1c(O)ccc2ccccc12)c1cc[nH]c1. The molecule has 0 fully saturated rings. The molecule has 21 heavy (non-hydrogen) atoms. The van der Waals surface area contributed by atoms with E-state index in [1.165, 1.54) is 6.21 Å². The Morgan fingerprint density at radius 1 is 1.19 bits per heavy atom. The number of aromatic amines is 1. The Morgan fingerprint density at radius 3 is 2.86 bits per heavy atom. The van der Waals surface area contributed by atoms with Crippen LogP contribution in [0.15, 0.2) is 60.0 Å². The highest BCUT2D eigenvalue weighted by Crippen LogP contribution is 2.25. The summed E-state index contributed by atoms with van der Waals surface area (Å²) >= 11 is 0. The molecule has 0 bridgehead atoms. The van der Waals surface area contributed by atoms with Gasteiger partial charge in [0.2, 0.25) is 0 Å². The minimum absolute atomic E-state index is 0.119. The van der Waals surface area contributed by atoms with E-state index in [0.29, 0.717) is 11.1 Å². The van der Waals surface area contributed by atoms with Crippen molar-refractivity contribution in [3.63, 3.8) is 0 Å². The molecule has 0 aliphatic rings. The lowest BCUT2D eigenvalue weighted by Crippen LogP contribution is -2.16. The van der Waals surface area contributed by atoms with E-state index in [0.717, 1.165) is 10.8 Å². The maximum Gasteiger partial charge on any atom is 0.272 e. The molecule has 2 aromatic carbocycles. The largest absolute Gasteiger partial charge is 0.507 e. The average molecular weight is 279 g/mol. The first-order chi connectivity index (χ1) is 10.3. The van der Waals surface area contributed by atoms with Crippen molar-refractivity contribution in [1.29, 1.82) is 0 Å². The van der Waals surface area contributed by atoms with E-state index in [1.807, 2.05) is 30.3 Å². The number of carbonyl (C=O) groups is 1. The molecule has 0 atom stereocenters. The first kappa shape index (κ1) is 12.9. The van der Waals surface area contributed by atoms with E-state index in [-0.39, 0.29) is 11.7 Å². The zero-order chi connectivity index (χ0) is 14.7. The van der Waals surface area contributed by atoms with Gasteiger partial charge in [0.1, 0.15) is 5.75 Å². The molecule has 1 heterocycles. The molecule has 104 valence electrons.